The van der Waals surface area contributed by atoms with Crippen LogP contribution in [0.2, 0.25) is 0 Å². The van der Waals surface area contributed by atoms with Gasteiger partial charge in [-0.2, -0.15) is 0 Å². The minimum Gasteiger partial charge on any atom is -0.463 e. The second-order valence-electron chi connectivity index (χ2n) is 8.23. The summed E-state index contributed by atoms with van der Waals surface area (Å²) in [5, 5.41) is 0. The standard InChI is InChI=1S/C22H40O6/c1-5-18(4)16-22(24)28-15-13-26-20-9-7-19(8-10-20)25-12-14-27-21(23)11-6-17(2)3/h17-20H,5-16H2,1-4H3. The van der Waals surface area contributed by atoms with Gasteiger partial charge in [0.15, 0.2) is 0 Å². The van der Waals surface area contributed by atoms with E-state index >= 15 is 0 Å². The lowest BCUT2D eigenvalue weighted by molar-refractivity contribution is -0.148. The normalized spacial score (nSPS) is 20.8. The van der Waals surface area contributed by atoms with Crippen LogP contribution in [0.15, 0.2) is 0 Å². The van der Waals surface area contributed by atoms with Crippen molar-refractivity contribution in [2.45, 2.75) is 91.3 Å². The zero-order valence-corrected chi connectivity index (χ0v) is 18.2. The molecule has 1 aliphatic rings. The van der Waals surface area contributed by atoms with Crippen LogP contribution >= 0.6 is 0 Å². The van der Waals surface area contributed by atoms with E-state index in [2.05, 4.69) is 27.7 Å². The average Bonchev–Trinajstić information content (AvgIpc) is 2.67. The van der Waals surface area contributed by atoms with Crippen molar-refractivity contribution >= 4 is 11.9 Å². The van der Waals surface area contributed by atoms with E-state index in [0.29, 0.717) is 51.1 Å². The molecule has 0 spiro atoms. The molecule has 6 heteroatoms. The van der Waals surface area contributed by atoms with Gasteiger partial charge in [-0.3, -0.25) is 9.59 Å². The van der Waals surface area contributed by atoms with E-state index in [9.17, 15) is 9.59 Å². The topological polar surface area (TPSA) is 71.1 Å². The fraction of sp³-hybridized carbons (Fsp3) is 0.909. The van der Waals surface area contributed by atoms with Gasteiger partial charge in [-0.25, -0.2) is 0 Å². The third-order valence-corrected chi connectivity index (χ3v) is 5.16. The van der Waals surface area contributed by atoms with Crippen molar-refractivity contribution in [3.05, 3.63) is 0 Å². The highest BCUT2D eigenvalue weighted by atomic mass is 16.6. The van der Waals surface area contributed by atoms with Crippen LogP contribution in [0.1, 0.15) is 79.1 Å². The summed E-state index contributed by atoms with van der Waals surface area (Å²) in [6.45, 7) is 9.87. The molecule has 0 aromatic heterocycles. The monoisotopic (exact) mass is 400 g/mol. The number of carbonyl (C=O) groups is 2. The lowest BCUT2D eigenvalue weighted by Crippen LogP contribution is -2.28. The minimum absolute atomic E-state index is 0.139. The van der Waals surface area contributed by atoms with Gasteiger partial charge >= 0.3 is 11.9 Å². The first kappa shape index (κ1) is 24.9. The van der Waals surface area contributed by atoms with Crippen LogP contribution in [0.5, 0.6) is 0 Å². The maximum absolute atomic E-state index is 11.6. The van der Waals surface area contributed by atoms with Crippen molar-refractivity contribution in [2.24, 2.45) is 11.8 Å². The summed E-state index contributed by atoms with van der Waals surface area (Å²) in [5.74, 6) is 0.601. The van der Waals surface area contributed by atoms with E-state index in [4.69, 9.17) is 18.9 Å². The molecule has 1 saturated carbocycles. The second-order valence-corrected chi connectivity index (χ2v) is 8.23. The highest BCUT2D eigenvalue weighted by molar-refractivity contribution is 5.69. The molecule has 1 aliphatic carbocycles. The van der Waals surface area contributed by atoms with Gasteiger partial charge in [0.05, 0.1) is 25.4 Å². The van der Waals surface area contributed by atoms with Gasteiger partial charge in [0.25, 0.3) is 0 Å². The average molecular weight is 401 g/mol. The molecule has 0 aromatic carbocycles. The molecule has 0 N–H and O–H groups in total. The Kier molecular flexibility index (Phi) is 13.2. The molecule has 1 unspecified atom stereocenters. The van der Waals surface area contributed by atoms with Gasteiger partial charge < -0.3 is 18.9 Å². The second kappa shape index (κ2) is 14.8. The molecule has 0 aromatic rings. The number of carbonyl (C=O) groups excluding carboxylic acids is 2. The van der Waals surface area contributed by atoms with Crippen LogP contribution in [0.3, 0.4) is 0 Å². The maximum atomic E-state index is 11.6. The molecule has 0 saturated heterocycles. The smallest absolute Gasteiger partial charge is 0.306 e. The predicted octanol–water partition coefficient (Wildman–Crippen LogP) is 4.29. The summed E-state index contributed by atoms with van der Waals surface area (Å²) >= 11 is 0. The van der Waals surface area contributed by atoms with Crippen LogP contribution in [-0.4, -0.2) is 50.6 Å². The molecule has 1 atom stereocenters. The van der Waals surface area contributed by atoms with Gasteiger partial charge in [-0.1, -0.05) is 34.1 Å². The molecule has 0 heterocycles. The number of ether oxygens (including phenoxy) is 4. The van der Waals surface area contributed by atoms with Crippen LogP contribution < -0.4 is 0 Å². The number of hydrogen-bond donors (Lipinski definition) is 0. The molecule has 28 heavy (non-hydrogen) atoms. The molecule has 1 fully saturated rings. The fourth-order valence-corrected chi connectivity index (χ4v) is 3.07. The van der Waals surface area contributed by atoms with E-state index in [-0.39, 0.29) is 24.1 Å². The maximum Gasteiger partial charge on any atom is 0.306 e. The summed E-state index contributed by atoms with van der Waals surface area (Å²) in [6, 6.07) is 0. The summed E-state index contributed by atoms with van der Waals surface area (Å²) in [7, 11) is 0. The van der Waals surface area contributed by atoms with Crippen LogP contribution in [0.25, 0.3) is 0 Å². The number of esters is 2. The van der Waals surface area contributed by atoms with E-state index in [1.54, 1.807) is 0 Å². The van der Waals surface area contributed by atoms with Crippen molar-refractivity contribution < 1.29 is 28.5 Å². The quantitative estimate of drug-likeness (QED) is 0.320. The van der Waals surface area contributed by atoms with Gasteiger partial charge in [0, 0.05) is 12.8 Å². The van der Waals surface area contributed by atoms with E-state index < -0.39 is 0 Å². The molecule has 0 aliphatic heterocycles. The Bertz CT molecular complexity index is 429. The SMILES string of the molecule is CCC(C)CC(=O)OCCOC1CCC(OCCOC(=O)CCC(C)C)CC1. The van der Waals surface area contributed by atoms with Crippen molar-refractivity contribution in [1.29, 1.82) is 0 Å². The molecule has 0 bridgehead atoms. The van der Waals surface area contributed by atoms with Crippen molar-refractivity contribution in [3.63, 3.8) is 0 Å². The number of rotatable bonds is 14. The highest BCUT2D eigenvalue weighted by Gasteiger charge is 2.22. The lowest BCUT2D eigenvalue weighted by atomic mass is 9.95. The largest absolute Gasteiger partial charge is 0.463 e. The van der Waals surface area contributed by atoms with Gasteiger partial charge in [-0.15, -0.1) is 0 Å². The van der Waals surface area contributed by atoms with E-state index in [0.717, 1.165) is 38.5 Å². The van der Waals surface area contributed by atoms with Gasteiger partial charge in [0.2, 0.25) is 0 Å². The van der Waals surface area contributed by atoms with Crippen LogP contribution in [0, 0.1) is 11.8 Å². The van der Waals surface area contributed by atoms with Gasteiger partial charge in [-0.05, 0) is 43.9 Å². The molecule has 0 amide bonds. The zero-order chi connectivity index (χ0) is 20.8. The summed E-state index contributed by atoms with van der Waals surface area (Å²) in [5.41, 5.74) is 0. The van der Waals surface area contributed by atoms with Crippen molar-refractivity contribution in [2.75, 3.05) is 26.4 Å². The summed E-state index contributed by atoms with van der Waals surface area (Å²) < 4.78 is 22.0. The van der Waals surface area contributed by atoms with Gasteiger partial charge in [0.1, 0.15) is 13.2 Å². The fourth-order valence-electron chi connectivity index (χ4n) is 3.07. The van der Waals surface area contributed by atoms with Crippen LogP contribution in [-0.2, 0) is 28.5 Å². The first-order valence-electron chi connectivity index (χ1n) is 10.9. The first-order chi connectivity index (χ1) is 13.4. The molecular formula is C22H40O6. The highest BCUT2D eigenvalue weighted by Crippen LogP contribution is 2.23. The number of hydrogen-bond acceptors (Lipinski definition) is 6. The van der Waals surface area contributed by atoms with Crippen molar-refractivity contribution in [1.82, 2.24) is 0 Å². The Morgan fingerprint density at radius 3 is 1.79 bits per heavy atom. The molecule has 1 rings (SSSR count). The summed E-state index contributed by atoms with van der Waals surface area (Å²) in [4.78, 5) is 23.2. The minimum atomic E-state index is -0.140. The lowest BCUT2D eigenvalue weighted by Gasteiger charge is -2.28. The molecule has 6 nitrogen and oxygen atoms in total. The van der Waals surface area contributed by atoms with Crippen molar-refractivity contribution in [3.8, 4) is 0 Å². The Balaban J connectivity index is 1.99. The van der Waals surface area contributed by atoms with E-state index in [1.807, 2.05) is 0 Å². The third kappa shape index (κ3) is 12.3. The Morgan fingerprint density at radius 1 is 0.821 bits per heavy atom. The van der Waals surface area contributed by atoms with E-state index in [1.165, 1.54) is 0 Å². The van der Waals surface area contributed by atoms with Crippen LogP contribution in [0.4, 0.5) is 0 Å². The summed E-state index contributed by atoms with van der Waals surface area (Å²) in [6.07, 6.45) is 7.00. The molecule has 0 radical (unpaired) electrons. The zero-order valence-electron chi connectivity index (χ0n) is 18.2. The Morgan fingerprint density at radius 2 is 1.32 bits per heavy atom. The molecular weight excluding hydrogens is 360 g/mol. The third-order valence-electron chi connectivity index (χ3n) is 5.16. The Hall–Kier alpha value is -1.14. The molecule has 164 valence electrons. The predicted molar refractivity (Wildman–Crippen MR) is 108 cm³/mol. The Labute approximate surface area is 170 Å². The first-order valence-corrected chi connectivity index (χ1v) is 10.9.